The predicted octanol–water partition coefficient (Wildman–Crippen LogP) is -1.17. The van der Waals surface area contributed by atoms with E-state index in [4.69, 9.17) is 9.47 Å². The fourth-order valence-corrected chi connectivity index (χ4v) is 7.33. The molecule has 146 valence electrons. The van der Waals surface area contributed by atoms with E-state index in [0.717, 1.165) is 0 Å². The molecule has 2 aliphatic rings. The molecule has 0 fully saturated rings. The van der Waals surface area contributed by atoms with Gasteiger partial charge in [0, 0.05) is 31.0 Å². The molecule has 0 aliphatic carbocycles. The van der Waals surface area contributed by atoms with Crippen LogP contribution < -0.4 is 74.1 Å². The van der Waals surface area contributed by atoms with Gasteiger partial charge in [0.2, 0.25) is 0 Å². The maximum Gasteiger partial charge on any atom is 1.00 e. The normalized spacial score (nSPS) is 14.4. The van der Waals surface area contributed by atoms with Crippen LogP contribution in [0, 0.1) is 14.3 Å². The second-order valence-electron chi connectivity index (χ2n) is 6.47. The van der Waals surface area contributed by atoms with Crippen LogP contribution in [0.3, 0.4) is 0 Å². The molecule has 3 aromatic rings. The van der Waals surface area contributed by atoms with Gasteiger partial charge >= 0.3 is 65.1 Å². The third-order valence-corrected chi connectivity index (χ3v) is 8.56. The Labute approximate surface area is 276 Å². The van der Waals surface area contributed by atoms with Gasteiger partial charge < -0.3 is 19.7 Å². The molecule has 5 rings (SSSR count). The Morgan fingerprint density at radius 2 is 1.26 bits per heavy atom. The zero-order valence-electron chi connectivity index (χ0n) is 16.0. The average molecular weight is 880 g/mol. The molecule has 0 aromatic heterocycles. The monoisotopic (exact) mass is 880 g/mol. The van der Waals surface area contributed by atoms with Gasteiger partial charge in [-0.2, -0.15) is 0 Å². The number of carbonyl (C=O) groups is 1. The van der Waals surface area contributed by atoms with Crippen LogP contribution in [0.1, 0.15) is 27.0 Å². The minimum atomic E-state index is -1.28. The van der Waals surface area contributed by atoms with Crippen molar-refractivity contribution in [2.45, 2.75) is 5.60 Å². The molecule has 2 heterocycles. The number of carbonyl (C=O) groups excluding carboxylic acids is 1. The third-order valence-electron chi connectivity index (χ3n) is 5.00. The molecule has 0 atom stereocenters. The van der Waals surface area contributed by atoms with Crippen LogP contribution in [-0.4, -0.2) is 5.97 Å². The van der Waals surface area contributed by atoms with Crippen molar-refractivity contribution >= 4 is 96.3 Å². The summed E-state index contributed by atoms with van der Waals surface area (Å²) in [6, 6.07) is 10.6. The number of benzene rings is 3. The molecule has 0 bridgehead atoms. The Kier molecular flexibility index (Phi) is 8.58. The van der Waals surface area contributed by atoms with Crippen molar-refractivity contribution in [3.63, 3.8) is 0 Å². The van der Waals surface area contributed by atoms with Crippen molar-refractivity contribution in [1.29, 1.82) is 0 Å². The van der Waals surface area contributed by atoms with E-state index in [-0.39, 0.29) is 70.6 Å². The molecule has 0 saturated heterocycles. The molecule has 2 aliphatic heterocycles. The minimum Gasteiger partial charge on any atom is -0.871 e. The molecular weight excluding hydrogens is 874 g/mol. The number of fused-ring (bicyclic) bond motifs is 6. The summed E-state index contributed by atoms with van der Waals surface area (Å²) >= 11 is 7.86. The van der Waals surface area contributed by atoms with E-state index in [0.29, 0.717) is 48.0 Å². The van der Waals surface area contributed by atoms with E-state index in [1.54, 1.807) is 24.3 Å². The van der Waals surface area contributed by atoms with Crippen LogP contribution in [0.15, 0.2) is 36.4 Å². The molecule has 0 saturated carbocycles. The topological polar surface area (TPSA) is 81.7 Å². The Bertz CT molecular complexity index is 1200. The fourth-order valence-electron chi connectivity index (χ4n) is 3.75. The maximum absolute atomic E-state index is 12.8. The summed E-state index contributed by atoms with van der Waals surface area (Å²) in [7, 11) is 0. The standard InChI is InChI=1S/C20H8I4O5.2Na/c21-11-5-9-17(13(23)15(11)25)28-18-10(6-12(22)16(26)14(18)24)20(9)8-4-2-1-3-7(8)19(27)29-20;;/h1-6,25-26H;;/q;2*+1/p-2. The van der Waals surface area contributed by atoms with Crippen molar-refractivity contribution in [1.82, 2.24) is 0 Å². The SMILES string of the molecule is O=C1OC2(c3ccccc31)c1cc(I)c([O-])c(I)c1Oc1c2cc(I)c([O-])c1I.[Na+].[Na+]. The zero-order valence-corrected chi connectivity index (χ0v) is 28.6. The third kappa shape index (κ3) is 3.92. The van der Waals surface area contributed by atoms with Gasteiger partial charge in [-0.3, -0.25) is 0 Å². The van der Waals surface area contributed by atoms with Crippen LogP contribution in [0.2, 0.25) is 0 Å². The Hall–Kier alpha value is 1.45. The summed E-state index contributed by atoms with van der Waals surface area (Å²) in [5, 5.41) is 25.2. The molecule has 11 heteroatoms. The van der Waals surface area contributed by atoms with Crippen molar-refractivity contribution in [3.05, 3.63) is 72.9 Å². The summed E-state index contributed by atoms with van der Waals surface area (Å²) in [6.45, 7) is 0. The molecule has 3 aromatic carbocycles. The largest absolute Gasteiger partial charge is 1.00 e. The van der Waals surface area contributed by atoms with E-state index in [9.17, 15) is 15.0 Å². The predicted molar refractivity (Wildman–Crippen MR) is 134 cm³/mol. The first-order valence-electron chi connectivity index (χ1n) is 8.17. The van der Waals surface area contributed by atoms with Crippen molar-refractivity contribution in [2.24, 2.45) is 0 Å². The van der Waals surface area contributed by atoms with Gasteiger partial charge in [0.05, 0.1) is 5.56 Å². The maximum atomic E-state index is 12.8. The molecular formula is C20H6I4Na2O5. The van der Waals surface area contributed by atoms with Gasteiger partial charge in [0.25, 0.3) is 0 Å². The summed E-state index contributed by atoms with van der Waals surface area (Å²) in [6.07, 6.45) is 0. The van der Waals surface area contributed by atoms with E-state index in [1.165, 1.54) is 0 Å². The second-order valence-corrected chi connectivity index (χ2v) is 11.0. The molecule has 5 nitrogen and oxygen atoms in total. The van der Waals surface area contributed by atoms with Crippen molar-refractivity contribution in [2.75, 3.05) is 0 Å². The smallest absolute Gasteiger partial charge is 0.871 e. The number of hydrogen-bond donors (Lipinski definition) is 0. The zero-order chi connectivity index (χ0) is 20.7. The summed E-state index contributed by atoms with van der Waals surface area (Å²) in [4.78, 5) is 12.8. The molecule has 31 heavy (non-hydrogen) atoms. The summed E-state index contributed by atoms with van der Waals surface area (Å²) in [5.41, 5.74) is 1.02. The Balaban J connectivity index is 0.00000136. The summed E-state index contributed by atoms with van der Waals surface area (Å²) in [5.74, 6) is -0.127. The average Bonchev–Trinajstić information content (AvgIpc) is 3.00. The first kappa shape index (κ1) is 27.0. The molecule has 0 radical (unpaired) electrons. The van der Waals surface area contributed by atoms with Crippen LogP contribution in [-0.2, 0) is 10.3 Å². The van der Waals surface area contributed by atoms with E-state index in [1.807, 2.05) is 102 Å². The number of rotatable bonds is 0. The van der Waals surface area contributed by atoms with Crippen molar-refractivity contribution < 1.29 is 83.6 Å². The van der Waals surface area contributed by atoms with Gasteiger partial charge in [0.1, 0.15) is 11.5 Å². The number of esters is 1. The van der Waals surface area contributed by atoms with Crippen LogP contribution in [0.25, 0.3) is 0 Å². The number of ether oxygens (including phenoxy) is 2. The first-order valence-corrected chi connectivity index (χ1v) is 12.5. The number of halogens is 4. The van der Waals surface area contributed by atoms with Crippen LogP contribution in [0.4, 0.5) is 0 Å². The molecule has 0 unspecified atom stereocenters. The first-order chi connectivity index (χ1) is 13.8. The quantitative estimate of drug-likeness (QED) is 0.162. The second kappa shape index (κ2) is 9.84. The van der Waals surface area contributed by atoms with Crippen LogP contribution >= 0.6 is 90.4 Å². The van der Waals surface area contributed by atoms with Gasteiger partial charge in [-0.1, -0.05) is 29.7 Å². The van der Waals surface area contributed by atoms with Gasteiger partial charge in [-0.05, 0) is 109 Å². The van der Waals surface area contributed by atoms with Gasteiger partial charge in [-0.25, -0.2) is 4.79 Å². The summed E-state index contributed by atoms with van der Waals surface area (Å²) < 4.78 is 14.0. The minimum absolute atomic E-state index is 0. The van der Waals surface area contributed by atoms with Gasteiger partial charge in [0.15, 0.2) is 5.60 Å². The fraction of sp³-hybridized carbons (Fsp3) is 0.0500. The Morgan fingerprint density at radius 1 is 0.774 bits per heavy atom. The van der Waals surface area contributed by atoms with Gasteiger partial charge in [-0.15, -0.1) is 0 Å². The van der Waals surface area contributed by atoms with E-state index >= 15 is 0 Å². The Morgan fingerprint density at radius 3 is 1.77 bits per heavy atom. The number of hydrogen-bond acceptors (Lipinski definition) is 5. The van der Waals surface area contributed by atoms with Crippen LogP contribution in [0.5, 0.6) is 23.0 Å². The molecule has 0 N–H and O–H groups in total. The molecule has 0 amide bonds. The van der Waals surface area contributed by atoms with Crippen molar-refractivity contribution in [3.8, 4) is 23.0 Å². The van der Waals surface area contributed by atoms with E-state index in [2.05, 4.69) is 0 Å². The molecule has 1 spiro atoms. The van der Waals surface area contributed by atoms with E-state index < -0.39 is 11.6 Å².